The maximum absolute atomic E-state index is 12.2. The van der Waals surface area contributed by atoms with Crippen LogP contribution in [0.1, 0.15) is 13.3 Å². The summed E-state index contributed by atoms with van der Waals surface area (Å²) >= 11 is 0. The number of hydrogen-bond donors (Lipinski definition) is 1. The molecule has 0 bridgehead atoms. The maximum Gasteiger partial charge on any atom is 0.233 e. The van der Waals surface area contributed by atoms with Gasteiger partial charge in [-0.3, -0.25) is 4.79 Å². The van der Waals surface area contributed by atoms with Crippen LogP contribution in [0.25, 0.3) is 0 Å². The highest BCUT2D eigenvalue weighted by Gasteiger charge is 2.36. The Labute approximate surface area is 101 Å². The summed E-state index contributed by atoms with van der Waals surface area (Å²) < 4.78 is 0. The number of para-hydroxylation sites is 1. The van der Waals surface area contributed by atoms with Gasteiger partial charge in [-0.2, -0.15) is 0 Å². The monoisotopic (exact) mass is 231 g/mol. The summed E-state index contributed by atoms with van der Waals surface area (Å²) in [4.78, 5) is 13.9. The van der Waals surface area contributed by atoms with E-state index in [2.05, 4.69) is 0 Å². The van der Waals surface area contributed by atoms with E-state index in [-0.39, 0.29) is 11.8 Å². The van der Waals surface area contributed by atoms with E-state index >= 15 is 0 Å². The number of aliphatic hydroxyl groups excluding tert-OH is 1. The standard InChI is InChI=1S/C14H17NO2/c1-2-6-13(16)12-9-10-15(14(12)17)11-7-4-3-5-8-11/h2-8,12-13,16H,9-10H2,1H3/b6-2+/t12-,13-/m0/s1. The van der Waals surface area contributed by atoms with Crippen molar-refractivity contribution < 1.29 is 9.90 Å². The second kappa shape index (κ2) is 5.15. The summed E-state index contributed by atoms with van der Waals surface area (Å²) in [6.45, 7) is 2.53. The number of hydrogen-bond acceptors (Lipinski definition) is 2. The quantitative estimate of drug-likeness (QED) is 0.808. The highest BCUT2D eigenvalue weighted by molar-refractivity contribution is 5.97. The molecule has 0 radical (unpaired) electrons. The Bertz CT molecular complexity index is 413. The minimum absolute atomic E-state index is 0.0156. The fraction of sp³-hybridized carbons (Fsp3) is 0.357. The number of nitrogens with zero attached hydrogens (tertiary/aromatic N) is 1. The molecule has 3 heteroatoms. The van der Waals surface area contributed by atoms with Crippen LogP contribution in [0, 0.1) is 5.92 Å². The SMILES string of the molecule is C/C=C/[C@H](O)[C@@H]1CCN(c2ccccc2)C1=O. The summed E-state index contributed by atoms with van der Waals surface area (Å²) in [6, 6.07) is 9.59. The van der Waals surface area contributed by atoms with Gasteiger partial charge in [0.15, 0.2) is 0 Å². The average Bonchev–Trinajstić information content (AvgIpc) is 2.72. The van der Waals surface area contributed by atoms with Gasteiger partial charge in [-0.05, 0) is 25.5 Å². The fourth-order valence-electron chi connectivity index (χ4n) is 2.21. The number of rotatable bonds is 3. The van der Waals surface area contributed by atoms with E-state index < -0.39 is 6.10 Å². The summed E-state index contributed by atoms with van der Waals surface area (Å²) in [5.41, 5.74) is 0.910. The highest BCUT2D eigenvalue weighted by atomic mass is 16.3. The van der Waals surface area contributed by atoms with Crippen molar-refractivity contribution in [3.05, 3.63) is 42.5 Å². The van der Waals surface area contributed by atoms with Crippen LogP contribution in [-0.4, -0.2) is 23.7 Å². The molecule has 1 amide bonds. The van der Waals surface area contributed by atoms with E-state index in [0.717, 1.165) is 5.69 Å². The summed E-state index contributed by atoms with van der Waals surface area (Å²) in [5, 5.41) is 9.85. The minimum Gasteiger partial charge on any atom is -0.388 e. The molecule has 0 aliphatic carbocycles. The van der Waals surface area contributed by atoms with Crippen molar-refractivity contribution in [1.82, 2.24) is 0 Å². The predicted molar refractivity (Wildman–Crippen MR) is 67.7 cm³/mol. The van der Waals surface area contributed by atoms with Crippen LogP contribution in [0.4, 0.5) is 5.69 Å². The number of allylic oxidation sites excluding steroid dienone is 1. The Morgan fingerprint density at radius 1 is 1.41 bits per heavy atom. The molecule has 0 unspecified atom stereocenters. The molecule has 3 nitrogen and oxygen atoms in total. The number of amides is 1. The van der Waals surface area contributed by atoms with Crippen molar-refractivity contribution in [2.75, 3.05) is 11.4 Å². The molecule has 17 heavy (non-hydrogen) atoms. The van der Waals surface area contributed by atoms with Gasteiger partial charge in [0, 0.05) is 12.2 Å². The molecular formula is C14H17NO2. The van der Waals surface area contributed by atoms with E-state index in [1.165, 1.54) is 0 Å². The van der Waals surface area contributed by atoms with Crippen LogP contribution in [0.2, 0.25) is 0 Å². The van der Waals surface area contributed by atoms with Crippen molar-refractivity contribution >= 4 is 11.6 Å². The van der Waals surface area contributed by atoms with E-state index in [1.807, 2.05) is 37.3 Å². The topological polar surface area (TPSA) is 40.5 Å². The lowest BCUT2D eigenvalue weighted by molar-refractivity contribution is -0.122. The first-order valence-corrected chi connectivity index (χ1v) is 5.91. The number of anilines is 1. The van der Waals surface area contributed by atoms with Gasteiger partial charge >= 0.3 is 0 Å². The van der Waals surface area contributed by atoms with Crippen molar-refractivity contribution in [3.8, 4) is 0 Å². The van der Waals surface area contributed by atoms with Crippen LogP contribution in [0.3, 0.4) is 0 Å². The number of benzene rings is 1. The highest BCUT2D eigenvalue weighted by Crippen LogP contribution is 2.27. The number of aliphatic hydroxyl groups is 1. The Balaban J connectivity index is 2.13. The maximum atomic E-state index is 12.2. The van der Waals surface area contributed by atoms with Crippen molar-refractivity contribution in [3.63, 3.8) is 0 Å². The van der Waals surface area contributed by atoms with E-state index in [1.54, 1.807) is 17.1 Å². The first-order valence-electron chi connectivity index (χ1n) is 5.91. The lowest BCUT2D eigenvalue weighted by Crippen LogP contribution is -2.31. The molecule has 1 aromatic rings. The molecule has 1 heterocycles. The van der Waals surface area contributed by atoms with Crippen LogP contribution >= 0.6 is 0 Å². The van der Waals surface area contributed by atoms with Gasteiger partial charge in [0.2, 0.25) is 5.91 Å². The molecule has 1 aliphatic rings. The Morgan fingerprint density at radius 3 is 2.76 bits per heavy atom. The second-order valence-corrected chi connectivity index (χ2v) is 4.24. The number of carbonyl (C=O) groups is 1. The second-order valence-electron chi connectivity index (χ2n) is 4.24. The van der Waals surface area contributed by atoms with Crippen molar-refractivity contribution in [1.29, 1.82) is 0 Å². The zero-order chi connectivity index (χ0) is 12.3. The van der Waals surface area contributed by atoms with Crippen molar-refractivity contribution in [2.24, 2.45) is 5.92 Å². The zero-order valence-electron chi connectivity index (χ0n) is 9.91. The first-order chi connectivity index (χ1) is 8.24. The number of carbonyl (C=O) groups excluding carboxylic acids is 1. The molecule has 1 saturated heterocycles. The van der Waals surface area contributed by atoms with E-state index in [9.17, 15) is 9.90 Å². The summed E-state index contributed by atoms with van der Waals surface area (Å²) in [7, 11) is 0. The fourth-order valence-corrected chi connectivity index (χ4v) is 2.21. The van der Waals surface area contributed by atoms with Crippen LogP contribution in [0.5, 0.6) is 0 Å². The van der Waals surface area contributed by atoms with Gasteiger partial charge in [-0.1, -0.05) is 30.4 Å². The lowest BCUT2D eigenvalue weighted by atomic mass is 10.0. The van der Waals surface area contributed by atoms with Crippen molar-refractivity contribution in [2.45, 2.75) is 19.4 Å². The molecule has 1 aliphatic heterocycles. The van der Waals surface area contributed by atoms with Crippen LogP contribution in [-0.2, 0) is 4.79 Å². The molecule has 90 valence electrons. The molecule has 1 N–H and O–H groups in total. The van der Waals surface area contributed by atoms with E-state index in [0.29, 0.717) is 13.0 Å². The van der Waals surface area contributed by atoms with Gasteiger partial charge in [0.1, 0.15) is 0 Å². The molecule has 0 aromatic heterocycles. The van der Waals surface area contributed by atoms with Gasteiger partial charge in [-0.25, -0.2) is 0 Å². The first kappa shape index (κ1) is 11.9. The average molecular weight is 231 g/mol. The minimum atomic E-state index is -0.666. The smallest absolute Gasteiger partial charge is 0.233 e. The summed E-state index contributed by atoms with van der Waals surface area (Å²) in [6.07, 6.45) is 3.50. The van der Waals surface area contributed by atoms with Gasteiger partial charge < -0.3 is 10.0 Å². The third-order valence-corrected chi connectivity index (χ3v) is 3.12. The van der Waals surface area contributed by atoms with Gasteiger partial charge in [0.25, 0.3) is 0 Å². The Morgan fingerprint density at radius 2 is 2.12 bits per heavy atom. The molecule has 1 fully saturated rings. The predicted octanol–water partition coefficient (Wildman–Crippen LogP) is 1.98. The molecule has 2 atom stereocenters. The van der Waals surface area contributed by atoms with Gasteiger partial charge in [0.05, 0.1) is 12.0 Å². The third kappa shape index (κ3) is 2.39. The van der Waals surface area contributed by atoms with Crippen LogP contribution in [0.15, 0.2) is 42.5 Å². The largest absolute Gasteiger partial charge is 0.388 e. The summed E-state index contributed by atoms with van der Waals surface area (Å²) in [5.74, 6) is -0.284. The molecule has 0 spiro atoms. The Kier molecular flexibility index (Phi) is 3.59. The zero-order valence-corrected chi connectivity index (χ0v) is 9.91. The molecule has 0 saturated carbocycles. The van der Waals surface area contributed by atoms with Gasteiger partial charge in [-0.15, -0.1) is 0 Å². The Hall–Kier alpha value is -1.61. The third-order valence-electron chi connectivity index (χ3n) is 3.12. The normalized spacial score (nSPS) is 22.4. The van der Waals surface area contributed by atoms with E-state index in [4.69, 9.17) is 0 Å². The molecule has 1 aromatic carbocycles. The molecular weight excluding hydrogens is 214 g/mol. The lowest BCUT2D eigenvalue weighted by Gasteiger charge is -2.17. The molecule has 2 rings (SSSR count). The van der Waals surface area contributed by atoms with Crippen LogP contribution < -0.4 is 4.90 Å².